The molecule has 1 heterocycles. The van der Waals surface area contributed by atoms with E-state index in [1.54, 1.807) is 23.5 Å². The van der Waals surface area contributed by atoms with E-state index in [1.807, 2.05) is 43.5 Å². The van der Waals surface area contributed by atoms with Gasteiger partial charge < -0.3 is 15.8 Å². The van der Waals surface area contributed by atoms with Crippen molar-refractivity contribution >= 4 is 17.2 Å². The van der Waals surface area contributed by atoms with Crippen molar-refractivity contribution in [2.24, 2.45) is 5.73 Å². The minimum absolute atomic E-state index is 0.110. The maximum Gasteiger partial charge on any atom is 0.251 e. The first-order valence-electron chi connectivity index (χ1n) is 7.90. The topological polar surface area (TPSA) is 64.3 Å². The highest BCUT2D eigenvalue weighted by molar-refractivity contribution is 7.09. The summed E-state index contributed by atoms with van der Waals surface area (Å²) in [6, 6.07) is 11.3. The maximum atomic E-state index is 12.5. The van der Waals surface area contributed by atoms with Crippen LogP contribution in [-0.2, 0) is 6.61 Å². The van der Waals surface area contributed by atoms with Gasteiger partial charge in [-0.3, -0.25) is 4.79 Å². The molecule has 0 fully saturated rings. The molecule has 5 heteroatoms. The van der Waals surface area contributed by atoms with E-state index in [2.05, 4.69) is 5.32 Å². The Morgan fingerprint density at radius 2 is 2.04 bits per heavy atom. The van der Waals surface area contributed by atoms with E-state index in [0.29, 0.717) is 24.5 Å². The van der Waals surface area contributed by atoms with Crippen molar-refractivity contribution in [3.63, 3.8) is 0 Å². The van der Waals surface area contributed by atoms with E-state index >= 15 is 0 Å². The highest BCUT2D eigenvalue weighted by Gasteiger charge is 2.26. The van der Waals surface area contributed by atoms with Crippen LogP contribution in [0.5, 0.6) is 5.75 Å². The van der Waals surface area contributed by atoms with Gasteiger partial charge in [-0.25, -0.2) is 0 Å². The van der Waals surface area contributed by atoms with Crippen LogP contribution in [0.15, 0.2) is 41.8 Å². The van der Waals surface area contributed by atoms with Crippen molar-refractivity contribution in [2.45, 2.75) is 38.8 Å². The number of nitrogens with one attached hydrogen (secondary N) is 1. The number of amides is 1. The molecule has 0 aliphatic heterocycles. The molecule has 3 N–H and O–H groups in total. The number of rotatable bonds is 8. The summed E-state index contributed by atoms with van der Waals surface area (Å²) in [5, 5.41) is 5.09. The standard InChI is InChI=1S/C18H24N2O2S/c1-3-18(4-2,13-19)20-17(21)14-7-5-8-15(11-14)22-12-16-9-6-10-23-16/h5-11H,3-4,12-13,19H2,1-2H3,(H,20,21). The number of thiophene rings is 1. The Labute approximate surface area is 141 Å². The van der Waals surface area contributed by atoms with E-state index in [1.165, 1.54) is 0 Å². The minimum atomic E-state index is -0.342. The summed E-state index contributed by atoms with van der Waals surface area (Å²) in [5.74, 6) is 0.582. The Kier molecular flexibility index (Phi) is 6.19. The number of carbonyl (C=O) groups excluding carboxylic acids is 1. The lowest BCUT2D eigenvalue weighted by molar-refractivity contribution is 0.0895. The van der Waals surface area contributed by atoms with Crippen molar-refractivity contribution in [2.75, 3.05) is 6.54 Å². The fourth-order valence-corrected chi connectivity index (χ4v) is 2.97. The summed E-state index contributed by atoms with van der Waals surface area (Å²) in [6.45, 7) is 5.02. The molecule has 0 atom stereocenters. The summed E-state index contributed by atoms with van der Waals surface area (Å²) >= 11 is 1.65. The number of hydrogen-bond acceptors (Lipinski definition) is 4. The SMILES string of the molecule is CCC(CC)(CN)NC(=O)c1cccc(OCc2cccs2)c1. The van der Waals surface area contributed by atoms with E-state index in [-0.39, 0.29) is 11.4 Å². The van der Waals surface area contributed by atoms with Crippen LogP contribution in [0.1, 0.15) is 41.9 Å². The molecule has 0 aliphatic carbocycles. The van der Waals surface area contributed by atoms with Crippen molar-refractivity contribution in [1.82, 2.24) is 5.32 Å². The number of nitrogens with two attached hydrogens (primary N) is 1. The van der Waals surface area contributed by atoms with Crippen LogP contribution >= 0.6 is 11.3 Å². The molecular formula is C18H24N2O2S. The fraction of sp³-hybridized carbons (Fsp3) is 0.389. The molecule has 1 aromatic heterocycles. The molecule has 2 rings (SSSR count). The monoisotopic (exact) mass is 332 g/mol. The van der Waals surface area contributed by atoms with Crippen molar-refractivity contribution in [3.8, 4) is 5.75 Å². The minimum Gasteiger partial charge on any atom is -0.488 e. The Balaban J connectivity index is 2.04. The lowest BCUT2D eigenvalue weighted by Crippen LogP contribution is -2.52. The number of hydrogen-bond donors (Lipinski definition) is 2. The molecule has 0 bridgehead atoms. The predicted octanol–water partition coefficient (Wildman–Crippen LogP) is 3.57. The fourth-order valence-electron chi connectivity index (χ4n) is 2.36. The van der Waals surface area contributed by atoms with Crippen LogP contribution in [0, 0.1) is 0 Å². The molecule has 0 aliphatic rings. The third-order valence-corrected chi connectivity index (χ3v) is 5.03. The van der Waals surface area contributed by atoms with E-state index < -0.39 is 0 Å². The van der Waals surface area contributed by atoms with Gasteiger partial charge in [0.05, 0.1) is 5.54 Å². The Bertz CT molecular complexity index is 613. The molecule has 1 aromatic carbocycles. The van der Waals surface area contributed by atoms with Crippen LogP contribution < -0.4 is 15.8 Å². The molecule has 23 heavy (non-hydrogen) atoms. The molecule has 1 amide bonds. The normalized spacial score (nSPS) is 11.3. The predicted molar refractivity (Wildman–Crippen MR) is 94.9 cm³/mol. The average molecular weight is 332 g/mol. The second kappa shape index (κ2) is 8.13. The molecule has 0 radical (unpaired) electrons. The summed E-state index contributed by atoms with van der Waals surface area (Å²) in [5.41, 5.74) is 6.10. The Morgan fingerprint density at radius 3 is 2.65 bits per heavy atom. The first-order chi connectivity index (χ1) is 11.1. The van der Waals surface area contributed by atoms with Gasteiger partial charge in [-0.2, -0.15) is 0 Å². The zero-order valence-electron chi connectivity index (χ0n) is 13.7. The van der Waals surface area contributed by atoms with E-state index in [4.69, 9.17) is 10.5 Å². The molecule has 0 unspecified atom stereocenters. The summed E-state index contributed by atoms with van der Waals surface area (Å²) in [7, 11) is 0. The Morgan fingerprint density at radius 1 is 1.26 bits per heavy atom. The lowest BCUT2D eigenvalue weighted by atomic mass is 9.92. The van der Waals surface area contributed by atoms with Crippen LogP contribution in [0.3, 0.4) is 0 Å². The highest BCUT2D eigenvalue weighted by atomic mass is 32.1. The smallest absolute Gasteiger partial charge is 0.251 e. The number of ether oxygens (including phenoxy) is 1. The van der Waals surface area contributed by atoms with Gasteiger partial charge >= 0.3 is 0 Å². The van der Waals surface area contributed by atoms with Crippen molar-refractivity contribution in [3.05, 3.63) is 52.2 Å². The van der Waals surface area contributed by atoms with Gasteiger partial charge in [0.15, 0.2) is 0 Å². The summed E-state index contributed by atoms with van der Waals surface area (Å²) in [4.78, 5) is 13.7. The van der Waals surface area contributed by atoms with Gasteiger partial charge in [-0.05, 0) is 42.5 Å². The third-order valence-electron chi connectivity index (χ3n) is 4.18. The van der Waals surface area contributed by atoms with Crippen LogP contribution in [0.4, 0.5) is 0 Å². The lowest BCUT2D eigenvalue weighted by Gasteiger charge is -2.31. The second-order valence-electron chi connectivity index (χ2n) is 5.54. The van der Waals surface area contributed by atoms with Crippen LogP contribution in [0.2, 0.25) is 0 Å². The molecule has 0 saturated heterocycles. The van der Waals surface area contributed by atoms with E-state index in [9.17, 15) is 4.79 Å². The third kappa shape index (κ3) is 4.56. The first-order valence-corrected chi connectivity index (χ1v) is 8.78. The summed E-state index contributed by atoms with van der Waals surface area (Å²) in [6.07, 6.45) is 1.61. The molecule has 4 nitrogen and oxygen atoms in total. The van der Waals surface area contributed by atoms with Crippen molar-refractivity contribution < 1.29 is 9.53 Å². The quantitative estimate of drug-likeness (QED) is 0.776. The molecule has 124 valence electrons. The maximum absolute atomic E-state index is 12.5. The second-order valence-corrected chi connectivity index (χ2v) is 6.57. The number of carbonyl (C=O) groups is 1. The first kappa shape index (κ1) is 17.5. The van der Waals surface area contributed by atoms with Crippen molar-refractivity contribution in [1.29, 1.82) is 0 Å². The van der Waals surface area contributed by atoms with Gasteiger partial charge in [0.1, 0.15) is 12.4 Å². The zero-order valence-corrected chi connectivity index (χ0v) is 14.5. The van der Waals surface area contributed by atoms with Gasteiger partial charge in [0.2, 0.25) is 0 Å². The van der Waals surface area contributed by atoms with Gasteiger partial charge in [-0.1, -0.05) is 26.0 Å². The molecular weight excluding hydrogens is 308 g/mol. The zero-order chi connectivity index (χ0) is 16.7. The van der Waals surface area contributed by atoms with Gasteiger partial charge in [0, 0.05) is 17.0 Å². The van der Waals surface area contributed by atoms with Gasteiger partial charge in [-0.15, -0.1) is 11.3 Å². The summed E-state index contributed by atoms with van der Waals surface area (Å²) < 4.78 is 5.76. The average Bonchev–Trinajstić information content (AvgIpc) is 3.12. The molecule has 0 spiro atoms. The largest absolute Gasteiger partial charge is 0.488 e. The van der Waals surface area contributed by atoms with Crippen LogP contribution in [0.25, 0.3) is 0 Å². The Hall–Kier alpha value is -1.85. The number of benzene rings is 1. The molecule has 2 aromatic rings. The van der Waals surface area contributed by atoms with E-state index in [0.717, 1.165) is 17.7 Å². The molecule has 0 saturated carbocycles. The van der Waals surface area contributed by atoms with Crippen LogP contribution in [-0.4, -0.2) is 18.0 Å². The highest BCUT2D eigenvalue weighted by Crippen LogP contribution is 2.19. The van der Waals surface area contributed by atoms with Gasteiger partial charge in [0.25, 0.3) is 5.91 Å².